The number of aromatic hydroxyl groups is 1. The van der Waals surface area contributed by atoms with Gasteiger partial charge in [0.1, 0.15) is 102 Å². The predicted molar refractivity (Wildman–Crippen MR) is 500 cm³/mol. The zero-order valence-corrected chi connectivity index (χ0v) is 81.0. The molecule has 1 aromatic heterocycles. The van der Waals surface area contributed by atoms with Crippen LogP contribution >= 0.6 is 0 Å². The van der Waals surface area contributed by atoms with Crippen molar-refractivity contribution in [3.05, 3.63) is 83.9 Å². The van der Waals surface area contributed by atoms with E-state index in [0.717, 1.165) is 0 Å². The summed E-state index contributed by atoms with van der Waals surface area (Å²) in [6.07, 6.45) is 2.80. The van der Waals surface area contributed by atoms with Gasteiger partial charge in [0.2, 0.25) is 106 Å². The summed E-state index contributed by atoms with van der Waals surface area (Å²) in [6, 6.07) is -8.13. The number of aliphatic hydroxyl groups excluding tert-OH is 2. The molecule has 0 spiro atoms. The van der Waals surface area contributed by atoms with Crippen molar-refractivity contribution in [2.45, 2.75) is 297 Å². The molecule has 2 aliphatic rings. The zero-order chi connectivity index (χ0) is 102. The molecule has 760 valence electrons. The summed E-state index contributed by atoms with van der Waals surface area (Å²) in [6.45, 7) is 22.6. The maximum absolute atomic E-state index is 15.1. The molecule has 18 amide bonds. The van der Waals surface area contributed by atoms with Crippen molar-refractivity contribution >= 4 is 112 Å². The summed E-state index contributed by atoms with van der Waals surface area (Å²) in [4.78, 5) is 275. The van der Waals surface area contributed by atoms with Crippen LogP contribution in [0.25, 0.3) is 0 Å². The number of nitrogens with zero attached hydrogens (tertiary/aromatic N) is 3. The van der Waals surface area contributed by atoms with E-state index in [1.807, 2.05) is 0 Å². The van der Waals surface area contributed by atoms with E-state index in [1.54, 1.807) is 127 Å². The molecule has 2 saturated heterocycles. The van der Waals surface area contributed by atoms with Gasteiger partial charge in [0.15, 0.2) is 0 Å². The number of nitrogens with two attached hydrogens (primary N) is 2. The van der Waals surface area contributed by atoms with E-state index < -0.39 is 253 Å². The Labute approximate surface area is 798 Å². The number of benzene rings is 2. The van der Waals surface area contributed by atoms with Crippen LogP contribution in [0.15, 0.2) is 67.1 Å². The van der Waals surface area contributed by atoms with E-state index in [-0.39, 0.29) is 120 Å². The monoisotopic (exact) mass is 1920 g/mol. The number of primary amides is 1. The van der Waals surface area contributed by atoms with Crippen LogP contribution in [0, 0.1) is 41.4 Å². The standard InChI is InChI=1S/C93H145N21O23/c1-16-53(13)76(89(132)98-43-73(119)97-44-74(120)110-75(52(11)12)93(136)137)111-86(129)69(46-116)109-87(130)70-25-21-33-113(70)92(135)68(38-51(9)10)108-84(127)65(40-57-27-29-59(117)30-28-57)102-78(121)55(15)100-81(124)64(39-56-23-19-18-20-24-56)104-85(128)66(41-58-42-96-47-99-58)105-83(126)63(36-49(5)6)106-90(133)77(54(14)17-2)112-88(131)71-26-22-34-114(71)91(134)67(37-50(7)8)107-80(123)61(31-32-72(95)118)101-82(125)62(35-48(3)4)103-79(122)60(94)45-115/h18-20,23-24,27-30,42,47-55,60-71,75-77,115-117H,16-17,21-22,25-26,31-41,43-46,94H2,1-15H3,(H2,95,118)(H,96,99)(H,97,119)(H,98,132)(H,100,124)(H,101,125)(H,102,121)(H,103,122)(H,104,128)(H,105,126)(H,106,133)(H,107,123)(H,108,127)(H,109,130)(H,110,120)(H,111,129)(H,112,131)(H,136,137)/t53-,54-,55-,60-,61-,62-,63-,64-,65-,66-,67-,68-,69?,70-,71-,75-,76-,77-/m0/s1. The van der Waals surface area contributed by atoms with Crippen molar-refractivity contribution in [1.82, 2.24) is 99.5 Å². The largest absolute Gasteiger partial charge is 0.508 e. The van der Waals surface area contributed by atoms with Crippen molar-refractivity contribution in [1.29, 1.82) is 0 Å². The zero-order valence-electron chi connectivity index (χ0n) is 81.0. The Bertz CT molecular complexity index is 4580. The summed E-state index contributed by atoms with van der Waals surface area (Å²) in [7, 11) is 0. The molecule has 2 aliphatic heterocycles. The van der Waals surface area contributed by atoms with Gasteiger partial charge in [0, 0.05) is 50.7 Å². The van der Waals surface area contributed by atoms with Gasteiger partial charge in [-0.15, -0.1) is 0 Å². The first-order valence-electron chi connectivity index (χ1n) is 47.0. The molecule has 137 heavy (non-hydrogen) atoms. The normalized spacial score (nSPS) is 17.1. The van der Waals surface area contributed by atoms with Crippen LogP contribution in [-0.4, -0.2) is 289 Å². The molecule has 24 N–H and O–H groups in total. The van der Waals surface area contributed by atoms with Crippen molar-refractivity contribution < 1.29 is 112 Å². The molecule has 44 heteroatoms. The fourth-order valence-electron chi connectivity index (χ4n) is 15.6. The predicted octanol–water partition coefficient (Wildman–Crippen LogP) is -2.73. The van der Waals surface area contributed by atoms with Gasteiger partial charge < -0.3 is 126 Å². The van der Waals surface area contributed by atoms with E-state index in [1.165, 1.54) is 53.5 Å². The van der Waals surface area contributed by atoms with Crippen LogP contribution in [-0.2, 0) is 110 Å². The van der Waals surface area contributed by atoms with Gasteiger partial charge in [0.25, 0.3) is 0 Å². The van der Waals surface area contributed by atoms with Crippen molar-refractivity contribution in [2.24, 2.45) is 52.9 Å². The van der Waals surface area contributed by atoms with E-state index >= 15 is 9.59 Å². The smallest absolute Gasteiger partial charge is 0.326 e. The van der Waals surface area contributed by atoms with E-state index in [0.29, 0.717) is 36.1 Å². The van der Waals surface area contributed by atoms with Gasteiger partial charge in [-0.3, -0.25) is 86.3 Å². The summed E-state index contributed by atoms with van der Waals surface area (Å²) >= 11 is 0. The number of H-pyrrole nitrogens is 1. The first-order chi connectivity index (χ1) is 64.6. The highest BCUT2D eigenvalue weighted by molar-refractivity contribution is 6.02. The number of aromatic amines is 1. The number of hydrogen-bond acceptors (Lipinski definition) is 24. The van der Waals surface area contributed by atoms with Crippen LogP contribution in [0.3, 0.4) is 0 Å². The van der Waals surface area contributed by atoms with Gasteiger partial charge in [0.05, 0.1) is 32.6 Å². The van der Waals surface area contributed by atoms with Gasteiger partial charge in [-0.2, -0.15) is 0 Å². The molecule has 44 nitrogen and oxygen atoms in total. The number of carbonyl (C=O) groups is 19. The topological polar surface area (TPSA) is 673 Å². The second-order valence-corrected chi connectivity index (χ2v) is 37.4. The quantitative estimate of drug-likeness (QED) is 0.0273. The molecule has 0 radical (unpaired) electrons. The minimum Gasteiger partial charge on any atom is -0.508 e. The average Bonchev–Trinajstić information content (AvgIpc) is 1.69. The Morgan fingerprint density at radius 2 is 0.847 bits per heavy atom. The number of carbonyl (C=O) groups excluding carboxylic acids is 18. The molecule has 0 bridgehead atoms. The minimum atomic E-state index is -1.69. The summed E-state index contributed by atoms with van der Waals surface area (Å²) in [5.74, 6) is -19.3. The highest BCUT2D eigenvalue weighted by atomic mass is 16.4. The number of aromatic nitrogens is 2. The van der Waals surface area contributed by atoms with Gasteiger partial charge in [-0.05, 0) is 129 Å². The molecule has 2 aromatic carbocycles. The third kappa shape index (κ3) is 37.7. The van der Waals surface area contributed by atoms with Crippen molar-refractivity contribution in [3.8, 4) is 5.75 Å². The van der Waals surface area contributed by atoms with Crippen molar-refractivity contribution in [3.63, 3.8) is 0 Å². The lowest BCUT2D eigenvalue weighted by molar-refractivity contribution is -0.143. The maximum Gasteiger partial charge on any atom is 0.326 e. The highest BCUT2D eigenvalue weighted by Gasteiger charge is 2.45. The molecule has 5 rings (SSSR count). The van der Waals surface area contributed by atoms with Crippen LogP contribution in [0.1, 0.15) is 198 Å². The van der Waals surface area contributed by atoms with Crippen LogP contribution in [0.4, 0.5) is 0 Å². The molecule has 18 atom stereocenters. The highest BCUT2D eigenvalue weighted by Crippen LogP contribution is 2.26. The Morgan fingerprint density at radius 1 is 0.431 bits per heavy atom. The number of aliphatic hydroxyl groups is 2. The average molecular weight is 1930 g/mol. The first kappa shape index (κ1) is 115. The Morgan fingerprint density at radius 3 is 1.31 bits per heavy atom. The first-order valence-corrected chi connectivity index (χ1v) is 47.0. The van der Waals surface area contributed by atoms with Crippen LogP contribution < -0.4 is 91.2 Å². The van der Waals surface area contributed by atoms with E-state index in [2.05, 4.69) is 89.7 Å². The molecule has 0 aliphatic carbocycles. The minimum absolute atomic E-state index is 0.00692. The van der Waals surface area contributed by atoms with Gasteiger partial charge in [-0.1, -0.05) is 152 Å². The lowest BCUT2D eigenvalue weighted by atomic mass is 9.96. The summed E-state index contributed by atoms with van der Waals surface area (Å²) < 4.78 is 0. The third-order valence-corrected chi connectivity index (χ3v) is 23.7. The fraction of sp³-hybridized carbons (Fsp3) is 0.634. The van der Waals surface area contributed by atoms with E-state index in [9.17, 15) is 102 Å². The summed E-state index contributed by atoms with van der Waals surface area (Å²) in [5, 5.41) is 78.8. The second-order valence-electron chi connectivity index (χ2n) is 37.4. The number of amides is 18. The number of nitrogens with one attached hydrogen (secondary N) is 16. The Hall–Kier alpha value is -12.7. The number of carboxylic acid groups (broad SMARTS) is 1. The Balaban J connectivity index is 1.34. The maximum atomic E-state index is 15.1. The summed E-state index contributed by atoms with van der Waals surface area (Å²) in [5.41, 5.74) is 12.5. The number of imidazole rings is 1. The molecule has 3 heterocycles. The molecule has 3 aromatic rings. The number of hydrogen-bond donors (Lipinski definition) is 22. The third-order valence-electron chi connectivity index (χ3n) is 23.7. The number of phenolic OH excluding ortho intramolecular Hbond substituents is 1. The fourth-order valence-corrected chi connectivity index (χ4v) is 15.6. The van der Waals surface area contributed by atoms with Gasteiger partial charge in [-0.25, -0.2) is 9.78 Å². The molecule has 2 fully saturated rings. The molecular formula is C93H145N21O23. The second kappa shape index (κ2) is 56.7. The van der Waals surface area contributed by atoms with Crippen LogP contribution in [0.5, 0.6) is 5.75 Å². The number of likely N-dealkylation sites (tertiary alicyclic amines) is 2. The number of phenols is 1. The number of carboxylic acids is 1. The number of aliphatic carboxylic acids is 1. The van der Waals surface area contributed by atoms with Crippen LogP contribution in [0.2, 0.25) is 0 Å². The SMILES string of the molecule is CC[C@H](C)[C@H](NC(=O)C(CO)NC(=O)[C@@H]1CCCN1C(=O)[C@H](CC(C)C)NC(=O)[C@H](Cc1ccc(O)cc1)NC(=O)[C@H](C)NC(=O)[C@H](Cc1ccccc1)NC(=O)[C@H](Cc1cnc[nH]1)NC(=O)[C@H](CC(C)C)NC(=O)[C@@H](NC(=O)[C@@H]1CCCN1C(=O)[C@H](CC(C)C)NC(=O)[C@H](CCC(N)=O)NC(=O)[C@H](CC(C)C)NC(=O)[C@@H](N)CO)[C@@H](C)CC)C(=O)NCC(=O)NCC(=O)N[C@H](C(=O)O)C(C)C. The Kier molecular flexibility index (Phi) is 47.5. The number of rotatable bonds is 57. The molecule has 0 saturated carbocycles. The van der Waals surface area contributed by atoms with Gasteiger partial charge >= 0.3 is 5.97 Å². The van der Waals surface area contributed by atoms with Crippen molar-refractivity contribution in [2.75, 3.05) is 39.4 Å². The lowest BCUT2D eigenvalue weighted by Crippen LogP contribution is -2.62. The molecule has 1 unspecified atom stereocenters. The molecular weight excluding hydrogens is 1780 g/mol. The van der Waals surface area contributed by atoms with E-state index in [4.69, 9.17) is 11.5 Å². The lowest BCUT2D eigenvalue weighted by Gasteiger charge is -2.32.